The molecule has 0 bridgehead atoms. The minimum Gasteiger partial charge on any atom is -0.495 e. The minimum absolute atomic E-state index is 0.0874. The first-order chi connectivity index (χ1) is 9.52. The van der Waals surface area contributed by atoms with Crippen molar-refractivity contribution in [2.45, 2.75) is 6.92 Å². The van der Waals surface area contributed by atoms with Crippen molar-refractivity contribution in [2.24, 2.45) is 0 Å². The van der Waals surface area contributed by atoms with Crippen LogP contribution in [0.2, 0.25) is 0 Å². The fraction of sp³-hybridized carbons (Fsp3) is 0.133. The summed E-state index contributed by atoms with van der Waals surface area (Å²) in [6.45, 7) is 1.46. The van der Waals surface area contributed by atoms with Gasteiger partial charge >= 0.3 is 0 Å². The molecule has 0 unspecified atom stereocenters. The van der Waals surface area contributed by atoms with E-state index in [2.05, 4.69) is 5.32 Å². The average molecular weight is 273 g/mol. The Hall–Kier alpha value is -2.69. The van der Waals surface area contributed by atoms with E-state index in [1.807, 2.05) is 18.2 Å². The van der Waals surface area contributed by atoms with E-state index in [0.29, 0.717) is 11.4 Å². The van der Waals surface area contributed by atoms with Gasteiger partial charge in [0.25, 0.3) is 0 Å². The van der Waals surface area contributed by atoms with E-state index in [0.717, 1.165) is 11.4 Å². The van der Waals surface area contributed by atoms with Gasteiger partial charge in [-0.2, -0.15) is 0 Å². The van der Waals surface area contributed by atoms with Crippen LogP contribution in [0.25, 0.3) is 0 Å². The molecule has 5 heteroatoms. The summed E-state index contributed by atoms with van der Waals surface area (Å²) in [6, 6.07) is 14.5. The predicted molar refractivity (Wildman–Crippen MR) is 82.6 cm³/mol. The second kappa shape index (κ2) is 7.68. The number of amides is 1. The lowest BCUT2D eigenvalue weighted by Crippen LogP contribution is -2.05. The normalized spacial score (nSPS) is 9.10. The number of methoxy groups -OCH3 is 1. The summed E-state index contributed by atoms with van der Waals surface area (Å²) < 4.78 is 4.92. The molecule has 0 fully saturated rings. The number of para-hydroxylation sites is 2. The van der Waals surface area contributed by atoms with Crippen LogP contribution in [0.1, 0.15) is 6.92 Å². The summed E-state index contributed by atoms with van der Waals surface area (Å²) in [5.74, 6) is 0.646. The summed E-state index contributed by atoms with van der Waals surface area (Å²) in [4.78, 5) is 10.6. The monoisotopic (exact) mass is 273 g/mol. The Morgan fingerprint density at radius 1 is 1.10 bits per heavy atom. The van der Waals surface area contributed by atoms with Crippen LogP contribution in [-0.4, -0.2) is 13.0 Å². The van der Waals surface area contributed by atoms with Crippen LogP contribution in [0.4, 0.5) is 17.1 Å². The van der Waals surface area contributed by atoms with Gasteiger partial charge in [0.15, 0.2) is 0 Å². The number of carbonyl (C=O) groups is 1. The van der Waals surface area contributed by atoms with Gasteiger partial charge in [-0.3, -0.25) is 4.79 Å². The summed E-state index contributed by atoms with van der Waals surface area (Å²) in [5.41, 5.74) is 13.1. The number of rotatable bonds is 2. The summed E-state index contributed by atoms with van der Waals surface area (Å²) in [5, 5.41) is 2.63. The zero-order chi connectivity index (χ0) is 15.0. The molecule has 0 spiro atoms. The SMILES string of the molecule is CC(=O)Nc1cccc(N)c1.COc1ccccc1N. The Morgan fingerprint density at radius 2 is 1.80 bits per heavy atom. The summed E-state index contributed by atoms with van der Waals surface area (Å²) >= 11 is 0. The van der Waals surface area contributed by atoms with Crippen molar-refractivity contribution in [3.8, 4) is 5.75 Å². The van der Waals surface area contributed by atoms with Crippen LogP contribution < -0.4 is 21.5 Å². The number of hydrogen-bond acceptors (Lipinski definition) is 4. The van der Waals surface area contributed by atoms with E-state index in [-0.39, 0.29) is 5.91 Å². The third-order valence-corrected chi connectivity index (χ3v) is 2.35. The number of benzene rings is 2. The number of anilines is 3. The topological polar surface area (TPSA) is 90.4 Å². The summed E-state index contributed by atoms with van der Waals surface area (Å²) in [6.07, 6.45) is 0. The molecule has 5 N–H and O–H groups in total. The van der Waals surface area contributed by atoms with Crippen molar-refractivity contribution in [1.82, 2.24) is 0 Å². The molecule has 2 rings (SSSR count). The van der Waals surface area contributed by atoms with E-state index in [4.69, 9.17) is 16.2 Å². The molecule has 0 aliphatic rings. The molecule has 1 amide bonds. The quantitative estimate of drug-likeness (QED) is 0.733. The Kier molecular flexibility index (Phi) is 5.90. The molecule has 0 aliphatic carbocycles. The molecule has 0 saturated heterocycles. The van der Waals surface area contributed by atoms with Crippen LogP contribution in [0.15, 0.2) is 48.5 Å². The van der Waals surface area contributed by atoms with Crippen LogP contribution in [-0.2, 0) is 4.79 Å². The molecule has 0 atom stereocenters. The highest BCUT2D eigenvalue weighted by Crippen LogP contribution is 2.18. The highest BCUT2D eigenvalue weighted by atomic mass is 16.5. The lowest BCUT2D eigenvalue weighted by atomic mass is 10.3. The number of nitrogens with one attached hydrogen (secondary N) is 1. The molecular weight excluding hydrogens is 254 g/mol. The van der Waals surface area contributed by atoms with E-state index >= 15 is 0 Å². The van der Waals surface area contributed by atoms with Gasteiger partial charge in [-0.1, -0.05) is 18.2 Å². The lowest BCUT2D eigenvalue weighted by molar-refractivity contribution is -0.114. The largest absolute Gasteiger partial charge is 0.495 e. The zero-order valence-corrected chi connectivity index (χ0v) is 11.6. The lowest BCUT2D eigenvalue weighted by Gasteiger charge is -2.01. The molecule has 2 aromatic carbocycles. The van der Waals surface area contributed by atoms with E-state index in [1.165, 1.54) is 6.92 Å². The molecule has 0 heterocycles. The van der Waals surface area contributed by atoms with Crippen LogP contribution >= 0.6 is 0 Å². The van der Waals surface area contributed by atoms with Crippen molar-refractivity contribution >= 4 is 23.0 Å². The molecule has 0 aromatic heterocycles. The maximum Gasteiger partial charge on any atom is 0.221 e. The highest BCUT2D eigenvalue weighted by Gasteiger charge is 1.93. The molecule has 0 radical (unpaired) electrons. The number of nitrogens with two attached hydrogens (primary N) is 2. The van der Waals surface area contributed by atoms with Gasteiger partial charge in [-0.15, -0.1) is 0 Å². The Labute approximate surface area is 118 Å². The number of hydrogen-bond donors (Lipinski definition) is 3. The highest BCUT2D eigenvalue weighted by molar-refractivity contribution is 5.89. The number of carbonyl (C=O) groups excluding carboxylic acids is 1. The van der Waals surface area contributed by atoms with Crippen molar-refractivity contribution in [2.75, 3.05) is 23.9 Å². The third kappa shape index (κ3) is 5.30. The molecule has 20 heavy (non-hydrogen) atoms. The van der Waals surface area contributed by atoms with Crippen LogP contribution in [0, 0.1) is 0 Å². The maximum atomic E-state index is 10.6. The first-order valence-corrected chi connectivity index (χ1v) is 6.04. The first kappa shape index (κ1) is 15.4. The number of ether oxygens (including phenoxy) is 1. The maximum absolute atomic E-state index is 10.6. The molecule has 0 aliphatic heterocycles. The average Bonchev–Trinajstić information content (AvgIpc) is 2.39. The molecule has 106 valence electrons. The molecule has 5 nitrogen and oxygen atoms in total. The fourth-order valence-electron chi connectivity index (χ4n) is 1.49. The standard InChI is InChI=1S/C8H10N2O.C7H9NO/c1-6(11)10-8-4-2-3-7(9)5-8;1-9-7-5-3-2-4-6(7)8/h2-5H,9H2,1H3,(H,10,11);2-5H,8H2,1H3. The van der Waals surface area contributed by atoms with Gasteiger partial charge in [0, 0.05) is 18.3 Å². The van der Waals surface area contributed by atoms with Gasteiger partial charge in [-0.05, 0) is 30.3 Å². The van der Waals surface area contributed by atoms with Crippen LogP contribution in [0.5, 0.6) is 5.75 Å². The minimum atomic E-state index is -0.0874. The second-order valence-electron chi connectivity index (χ2n) is 4.05. The fourth-order valence-corrected chi connectivity index (χ4v) is 1.49. The second-order valence-corrected chi connectivity index (χ2v) is 4.05. The van der Waals surface area contributed by atoms with Crippen molar-refractivity contribution in [3.63, 3.8) is 0 Å². The molecule has 2 aromatic rings. The van der Waals surface area contributed by atoms with Crippen LogP contribution in [0.3, 0.4) is 0 Å². The van der Waals surface area contributed by atoms with Gasteiger partial charge in [-0.25, -0.2) is 0 Å². The summed E-state index contributed by atoms with van der Waals surface area (Å²) in [7, 11) is 1.60. The van der Waals surface area contributed by atoms with Gasteiger partial charge in [0.1, 0.15) is 5.75 Å². The number of nitrogen functional groups attached to an aromatic ring is 2. The van der Waals surface area contributed by atoms with E-state index in [1.54, 1.807) is 37.4 Å². The van der Waals surface area contributed by atoms with Crippen molar-refractivity contribution < 1.29 is 9.53 Å². The Morgan fingerprint density at radius 3 is 2.30 bits per heavy atom. The zero-order valence-electron chi connectivity index (χ0n) is 11.6. The first-order valence-electron chi connectivity index (χ1n) is 6.04. The van der Waals surface area contributed by atoms with E-state index in [9.17, 15) is 4.79 Å². The van der Waals surface area contributed by atoms with Gasteiger partial charge < -0.3 is 21.5 Å². The Balaban J connectivity index is 0.000000204. The third-order valence-electron chi connectivity index (χ3n) is 2.35. The van der Waals surface area contributed by atoms with E-state index < -0.39 is 0 Å². The van der Waals surface area contributed by atoms with Crippen molar-refractivity contribution in [1.29, 1.82) is 0 Å². The molecular formula is C15H19N3O2. The van der Waals surface area contributed by atoms with Crippen molar-refractivity contribution in [3.05, 3.63) is 48.5 Å². The van der Waals surface area contributed by atoms with Gasteiger partial charge in [0.05, 0.1) is 12.8 Å². The predicted octanol–water partition coefficient (Wildman–Crippen LogP) is 2.50. The molecule has 0 saturated carbocycles. The smallest absolute Gasteiger partial charge is 0.221 e. The van der Waals surface area contributed by atoms with Gasteiger partial charge in [0.2, 0.25) is 5.91 Å². The Bertz CT molecular complexity index is 571.